The zero-order valence-electron chi connectivity index (χ0n) is 10.5. The molecule has 1 fully saturated rings. The zero-order valence-corrected chi connectivity index (χ0v) is 10.5. The van der Waals surface area contributed by atoms with Crippen LogP contribution in [0.1, 0.15) is 19.8 Å². The molecule has 1 atom stereocenters. The molecule has 5 nitrogen and oxygen atoms in total. The summed E-state index contributed by atoms with van der Waals surface area (Å²) in [6.07, 6.45) is 2.69. The lowest BCUT2D eigenvalue weighted by atomic mass is 10.1. The fraction of sp³-hybridized carbons (Fsp3) is 0.462. The van der Waals surface area contributed by atoms with Crippen LogP contribution in [0.3, 0.4) is 0 Å². The number of nitrogens with zero attached hydrogens (tertiary/aromatic N) is 4. The summed E-state index contributed by atoms with van der Waals surface area (Å²) < 4.78 is 1.89. The normalized spacial score (nSPS) is 16.7. The van der Waals surface area contributed by atoms with E-state index in [1.54, 1.807) is 0 Å². The van der Waals surface area contributed by atoms with E-state index in [1.165, 1.54) is 12.8 Å². The van der Waals surface area contributed by atoms with Gasteiger partial charge in [0, 0.05) is 17.8 Å². The van der Waals surface area contributed by atoms with Crippen molar-refractivity contribution >= 4 is 5.69 Å². The highest BCUT2D eigenvalue weighted by atomic mass is 15.5. The Kier molecular flexibility index (Phi) is 2.74. The number of nitrogens with two attached hydrogens (primary N) is 1. The highest BCUT2D eigenvalue weighted by Gasteiger charge is 2.28. The van der Waals surface area contributed by atoms with E-state index in [0.717, 1.165) is 29.5 Å². The van der Waals surface area contributed by atoms with Crippen LogP contribution in [0.4, 0.5) is 5.69 Å². The van der Waals surface area contributed by atoms with Gasteiger partial charge in [0.15, 0.2) is 5.82 Å². The van der Waals surface area contributed by atoms with Gasteiger partial charge in [-0.1, -0.05) is 19.1 Å². The average molecular weight is 243 g/mol. The second-order valence-corrected chi connectivity index (χ2v) is 5.12. The third kappa shape index (κ3) is 2.20. The summed E-state index contributed by atoms with van der Waals surface area (Å²) in [6, 6.07) is 7.68. The summed E-state index contributed by atoms with van der Waals surface area (Å²) in [7, 11) is 0. The lowest BCUT2D eigenvalue weighted by molar-refractivity contribution is 0.402. The van der Waals surface area contributed by atoms with E-state index in [1.807, 2.05) is 28.9 Å². The number of rotatable bonds is 4. The molecule has 0 bridgehead atoms. The average Bonchev–Trinajstić information content (AvgIpc) is 3.11. The molecule has 1 aliphatic rings. The van der Waals surface area contributed by atoms with E-state index in [9.17, 15) is 0 Å². The van der Waals surface area contributed by atoms with Crippen LogP contribution >= 0.6 is 0 Å². The number of hydrogen-bond donors (Lipinski definition) is 1. The summed E-state index contributed by atoms with van der Waals surface area (Å²) in [5.41, 5.74) is 7.50. The Morgan fingerprint density at radius 3 is 3.00 bits per heavy atom. The van der Waals surface area contributed by atoms with Crippen molar-refractivity contribution in [1.29, 1.82) is 0 Å². The molecule has 0 aliphatic heterocycles. The Morgan fingerprint density at radius 1 is 1.44 bits per heavy atom. The molecule has 0 saturated heterocycles. The van der Waals surface area contributed by atoms with E-state index in [2.05, 4.69) is 22.4 Å². The predicted octanol–water partition coefficient (Wildman–Crippen LogP) is 1.97. The van der Waals surface area contributed by atoms with Gasteiger partial charge in [-0.15, -0.1) is 5.10 Å². The topological polar surface area (TPSA) is 69.6 Å². The summed E-state index contributed by atoms with van der Waals surface area (Å²) in [5, 5.41) is 12.0. The Balaban J connectivity index is 1.86. The van der Waals surface area contributed by atoms with Gasteiger partial charge < -0.3 is 5.73 Å². The molecular formula is C13H17N5. The number of benzene rings is 1. The van der Waals surface area contributed by atoms with Crippen molar-refractivity contribution < 1.29 is 0 Å². The number of hydrogen-bond acceptors (Lipinski definition) is 4. The Hall–Kier alpha value is -1.91. The van der Waals surface area contributed by atoms with E-state index in [-0.39, 0.29) is 0 Å². The van der Waals surface area contributed by atoms with Gasteiger partial charge >= 0.3 is 0 Å². The second-order valence-electron chi connectivity index (χ2n) is 5.12. The van der Waals surface area contributed by atoms with E-state index in [4.69, 9.17) is 5.73 Å². The van der Waals surface area contributed by atoms with Gasteiger partial charge in [0.05, 0.1) is 0 Å². The Labute approximate surface area is 106 Å². The van der Waals surface area contributed by atoms with E-state index >= 15 is 0 Å². The van der Waals surface area contributed by atoms with Crippen molar-refractivity contribution in [2.75, 3.05) is 5.73 Å². The number of tetrazole rings is 1. The highest BCUT2D eigenvalue weighted by molar-refractivity contribution is 5.60. The van der Waals surface area contributed by atoms with Crippen molar-refractivity contribution in [3.8, 4) is 11.4 Å². The maximum absolute atomic E-state index is 5.80. The first-order chi connectivity index (χ1) is 8.74. The molecule has 3 rings (SSSR count). The molecule has 94 valence electrons. The van der Waals surface area contributed by atoms with Gasteiger partial charge in [-0.05, 0) is 47.2 Å². The molecule has 1 saturated carbocycles. The number of nitrogen functional groups attached to an aromatic ring is 1. The van der Waals surface area contributed by atoms with Crippen molar-refractivity contribution in [2.24, 2.45) is 11.8 Å². The molecule has 1 heterocycles. The molecule has 18 heavy (non-hydrogen) atoms. The zero-order chi connectivity index (χ0) is 12.5. The fourth-order valence-corrected chi connectivity index (χ4v) is 2.30. The standard InChI is InChI=1S/C13H17N5/c1-9(10-5-6-10)8-18-13(15-16-17-18)11-3-2-4-12(14)7-11/h2-4,7,9-10H,5-6,8,14H2,1H3. The first-order valence-electron chi connectivity index (χ1n) is 6.36. The third-order valence-electron chi connectivity index (χ3n) is 3.56. The minimum atomic E-state index is 0.633. The van der Waals surface area contributed by atoms with Crippen LogP contribution in [0.25, 0.3) is 11.4 Å². The number of anilines is 1. The predicted molar refractivity (Wildman–Crippen MR) is 69.6 cm³/mol. The SMILES string of the molecule is CC(Cn1nnnc1-c1cccc(N)c1)C1CC1. The van der Waals surface area contributed by atoms with Crippen LogP contribution in [-0.4, -0.2) is 20.2 Å². The molecule has 2 N–H and O–H groups in total. The molecule has 5 heteroatoms. The lowest BCUT2D eigenvalue weighted by Crippen LogP contribution is -2.12. The lowest BCUT2D eigenvalue weighted by Gasteiger charge is -2.11. The first kappa shape index (κ1) is 11.2. The van der Waals surface area contributed by atoms with Crippen LogP contribution in [0.15, 0.2) is 24.3 Å². The van der Waals surface area contributed by atoms with Crippen molar-refractivity contribution in [3.05, 3.63) is 24.3 Å². The van der Waals surface area contributed by atoms with E-state index < -0.39 is 0 Å². The van der Waals surface area contributed by atoms with Gasteiger partial charge in [0.2, 0.25) is 0 Å². The maximum Gasteiger partial charge on any atom is 0.182 e. The quantitative estimate of drug-likeness (QED) is 0.833. The summed E-state index contributed by atoms with van der Waals surface area (Å²) in [5.74, 6) is 2.28. The molecule has 1 aromatic carbocycles. The fourth-order valence-electron chi connectivity index (χ4n) is 2.30. The van der Waals surface area contributed by atoms with Crippen LogP contribution in [0.5, 0.6) is 0 Å². The second kappa shape index (κ2) is 4.40. The molecular weight excluding hydrogens is 226 g/mol. The summed E-state index contributed by atoms with van der Waals surface area (Å²) in [6.45, 7) is 3.14. The first-order valence-corrected chi connectivity index (χ1v) is 6.36. The third-order valence-corrected chi connectivity index (χ3v) is 3.56. The monoisotopic (exact) mass is 243 g/mol. The highest BCUT2D eigenvalue weighted by Crippen LogP contribution is 2.37. The largest absolute Gasteiger partial charge is 0.399 e. The van der Waals surface area contributed by atoms with Crippen LogP contribution in [0, 0.1) is 11.8 Å². The van der Waals surface area contributed by atoms with Crippen molar-refractivity contribution in [3.63, 3.8) is 0 Å². The molecule has 1 unspecified atom stereocenters. The molecule has 0 amide bonds. The van der Waals surface area contributed by atoms with Crippen LogP contribution < -0.4 is 5.73 Å². The smallest absolute Gasteiger partial charge is 0.182 e. The Bertz CT molecular complexity index is 544. The molecule has 0 radical (unpaired) electrons. The summed E-state index contributed by atoms with van der Waals surface area (Å²) >= 11 is 0. The minimum Gasteiger partial charge on any atom is -0.399 e. The van der Waals surface area contributed by atoms with Crippen molar-refractivity contribution in [2.45, 2.75) is 26.3 Å². The van der Waals surface area contributed by atoms with Gasteiger partial charge in [-0.3, -0.25) is 0 Å². The van der Waals surface area contributed by atoms with Crippen LogP contribution in [-0.2, 0) is 6.54 Å². The van der Waals surface area contributed by atoms with Gasteiger partial charge in [0.1, 0.15) is 0 Å². The molecule has 0 spiro atoms. The summed E-state index contributed by atoms with van der Waals surface area (Å²) in [4.78, 5) is 0. The van der Waals surface area contributed by atoms with E-state index in [0.29, 0.717) is 5.92 Å². The maximum atomic E-state index is 5.80. The Morgan fingerprint density at radius 2 is 2.28 bits per heavy atom. The molecule has 2 aromatic rings. The minimum absolute atomic E-state index is 0.633. The van der Waals surface area contributed by atoms with Crippen LogP contribution in [0.2, 0.25) is 0 Å². The molecule has 1 aliphatic carbocycles. The molecule has 1 aromatic heterocycles. The number of aromatic nitrogens is 4. The van der Waals surface area contributed by atoms with Gasteiger partial charge in [-0.2, -0.15) is 0 Å². The van der Waals surface area contributed by atoms with Crippen molar-refractivity contribution in [1.82, 2.24) is 20.2 Å². The van der Waals surface area contributed by atoms with Gasteiger partial charge in [-0.25, -0.2) is 4.68 Å². The van der Waals surface area contributed by atoms with Gasteiger partial charge in [0.25, 0.3) is 0 Å².